The Morgan fingerprint density at radius 3 is 2.39 bits per heavy atom. The quantitative estimate of drug-likeness (QED) is 0.539. The first-order valence-electron chi connectivity index (χ1n) is 10.0. The van der Waals surface area contributed by atoms with E-state index in [-0.39, 0.29) is 17.5 Å². The van der Waals surface area contributed by atoms with Gasteiger partial charge in [-0.1, -0.05) is 24.3 Å². The molecule has 2 aromatic heterocycles. The standard InChI is InChI=1S/C23H26N4O3S/c1-4-26(16-20-11-5-6-13-24-20)22(28)17-27(21-12-7-9-18(2)15-21)31(29,30)23-19(3)10-8-14-25-23/h5-15H,4,16-17H2,1-3H3. The van der Waals surface area contributed by atoms with E-state index >= 15 is 0 Å². The van der Waals surface area contributed by atoms with Crippen LogP contribution in [0, 0.1) is 13.8 Å². The Hall–Kier alpha value is -3.26. The number of rotatable bonds is 8. The van der Waals surface area contributed by atoms with Crippen LogP contribution in [0.1, 0.15) is 23.7 Å². The minimum absolute atomic E-state index is 0.0583. The molecule has 0 spiro atoms. The summed E-state index contributed by atoms with van der Waals surface area (Å²) in [5.74, 6) is -0.313. The number of aryl methyl sites for hydroxylation is 2. The number of aromatic nitrogens is 2. The van der Waals surface area contributed by atoms with E-state index in [4.69, 9.17) is 0 Å². The van der Waals surface area contributed by atoms with E-state index in [0.29, 0.717) is 24.3 Å². The van der Waals surface area contributed by atoms with Gasteiger partial charge in [0.1, 0.15) is 6.54 Å². The lowest BCUT2D eigenvalue weighted by atomic mass is 10.2. The van der Waals surface area contributed by atoms with Crippen LogP contribution < -0.4 is 4.31 Å². The fourth-order valence-corrected chi connectivity index (χ4v) is 4.78. The number of anilines is 1. The van der Waals surface area contributed by atoms with Crippen molar-refractivity contribution in [3.05, 3.63) is 83.8 Å². The normalized spacial score (nSPS) is 11.2. The summed E-state index contributed by atoms with van der Waals surface area (Å²) in [6.45, 7) is 5.83. The molecule has 0 aliphatic rings. The van der Waals surface area contributed by atoms with Gasteiger partial charge in [-0.05, 0) is 62.2 Å². The van der Waals surface area contributed by atoms with Crippen LogP contribution in [0.25, 0.3) is 0 Å². The highest BCUT2D eigenvalue weighted by Gasteiger charge is 2.31. The molecule has 0 N–H and O–H groups in total. The topological polar surface area (TPSA) is 83.5 Å². The number of hydrogen-bond donors (Lipinski definition) is 0. The number of carbonyl (C=O) groups excluding carboxylic acids is 1. The minimum atomic E-state index is -4.05. The van der Waals surface area contributed by atoms with Crippen molar-refractivity contribution in [2.24, 2.45) is 0 Å². The number of sulfonamides is 1. The number of benzene rings is 1. The van der Waals surface area contributed by atoms with Crippen LogP contribution in [0.15, 0.2) is 72.0 Å². The van der Waals surface area contributed by atoms with Crippen LogP contribution in [0.3, 0.4) is 0 Å². The van der Waals surface area contributed by atoms with Gasteiger partial charge in [-0.3, -0.25) is 14.1 Å². The number of carbonyl (C=O) groups is 1. The highest BCUT2D eigenvalue weighted by Crippen LogP contribution is 2.25. The van der Waals surface area contributed by atoms with E-state index in [2.05, 4.69) is 9.97 Å². The van der Waals surface area contributed by atoms with Gasteiger partial charge in [0, 0.05) is 18.9 Å². The lowest BCUT2D eigenvalue weighted by molar-refractivity contribution is -0.130. The zero-order valence-corrected chi connectivity index (χ0v) is 18.7. The summed E-state index contributed by atoms with van der Waals surface area (Å²) in [4.78, 5) is 23.1. The third-order valence-corrected chi connectivity index (χ3v) is 6.71. The van der Waals surface area contributed by atoms with Crippen molar-refractivity contribution in [2.45, 2.75) is 32.3 Å². The fourth-order valence-electron chi connectivity index (χ4n) is 3.23. The second-order valence-corrected chi connectivity index (χ2v) is 8.98. The third kappa shape index (κ3) is 5.27. The second kappa shape index (κ2) is 9.70. The number of likely N-dealkylation sites (N-methyl/N-ethyl adjacent to an activating group) is 1. The molecule has 31 heavy (non-hydrogen) atoms. The first-order chi connectivity index (χ1) is 14.8. The zero-order chi connectivity index (χ0) is 22.4. The van der Waals surface area contributed by atoms with Crippen LogP contribution in [-0.4, -0.2) is 42.3 Å². The molecule has 0 aliphatic heterocycles. The van der Waals surface area contributed by atoms with E-state index in [1.54, 1.807) is 48.4 Å². The summed E-state index contributed by atoms with van der Waals surface area (Å²) in [6.07, 6.45) is 3.11. The molecule has 2 heterocycles. The summed E-state index contributed by atoms with van der Waals surface area (Å²) < 4.78 is 28.2. The Morgan fingerprint density at radius 2 is 1.74 bits per heavy atom. The van der Waals surface area contributed by atoms with Crippen LogP contribution in [0.4, 0.5) is 5.69 Å². The van der Waals surface area contributed by atoms with Crippen LogP contribution >= 0.6 is 0 Å². The highest BCUT2D eigenvalue weighted by atomic mass is 32.2. The van der Waals surface area contributed by atoms with Gasteiger partial charge in [0.15, 0.2) is 5.03 Å². The summed E-state index contributed by atoms with van der Waals surface area (Å²) in [5.41, 5.74) is 2.58. The van der Waals surface area contributed by atoms with Crippen molar-refractivity contribution in [1.82, 2.24) is 14.9 Å². The maximum absolute atomic E-state index is 13.6. The van der Waals surface area contributed by atoms with Crippen molar-refractivity contribution in [3.8, 4) is 0 Å². The molecule has 1 aromatic carbocycles. The molecular weight excluding hydrogens is 412 g/mol. The Bertz CT molecular complexity index is 1150. The van der Waals surface area contributed by atoms with Gasteiger partial charge < -0.3 is 4.90 Å². The van der Waals surface area contributed by atoms with E-state index in [1.807, 2.05) is 38.1 Å². The second-order valence-electron chi connectivity index (χ2n) is 7.21. The molecule has 0 fully saturated rings. The molecule has 0 bridgehead atoms. The van der Waals surface area contributed by atoms with Crippen molar-refractivity contribution in [1.29, 1.82) is 0 Å². The number of nitrogens with zero attached hydrogens (tertiary/aromatic N) is 4. The van der Waals surface area contributed by atoms with Gasteiger partial charge in [-0.15, -0.1) is 0 Å². The first-order valence-corrected chi connectivity index (χ1v) is 11.5. The number of pyridine rings is 2. The van der Waals surface area contributed by atoms with Crippen molar-refractivity contribution in [2.75, 3.05) is 17.4 Å². The number of hydrogen-bond acceptors (Lipinski definition) is 5. The molecule has 1 amide bonds. The molecule has 0 aliphatic carbocycles. The highest BCUT2D eigenvalue weighted by molar-refractivity contribution is 7.92. The van der Waals surface area contributed by atoms with Gasteiger partial charge in [0.05, 0.1) is 17.9 Å². The van der Waals surface area contributed by atoms with Crippen molar-refractivity contribution >= 4 is 21.6 Å². The molecule has 162 valence electrons. The molecule has 3 aromatic rings. The van der Waals surface area contributed by atoms with E-state index in [1.165, 1.54) is 6.20 Å². The third-order valence-electron chi connectivity index (χ3n) is 4.88. The average molecular weight is 439 g/mol. The van der Waals surface area contributed by atoms with E-state index in [0.717, 1.165) is 15.6 Å². The number of amides is 1. The lowest BCUT2D eigenvalue weighted by Gasteiger charge is -2.28. The molecule has 3 rings (SSSR count). The zero-order valence-electron chi connectivity index (χ0n) is 17.9. The molecule has 7 nitrogen and oxygen atoms in total. The Kier molecular flexibility index (Phi) is 7.02. The minimum Gasteiger partial charge on any atom is -0.336 e. The molecule has 8 heteroatoms. The maximum Gasteiger partial charge on any atom is 0.282 e. The van der Waals surface area contributed by atoms with Crippen molar-refractivity contribution in [3.63, 3.8) is 0 Å². The smallest absolute Gasteiger partial charge is 0.282 e. The fraction of sp³-hybridized carbons (Fsp3) is 0.261. The molecular formula is C23H26N4O3S. The van der Waals surface area contributed by atoms with Crippen LogP contribution in [0.5, 0.6) is 0 Å². The summed E-state index contributed by atoms with van der Waals surface area (Å²) in [6, 6.07) is 16.0. The average Bonchev–Trinajstić information content (AvgIpc) is 2.76. The monoisotopic (exact) mass is 438 g/mol. The Balaban J connectivity index is 1.97. The predicted octanol–water partition coefficient (Wildman–Crippen LogP) is 3.34. The molecule has 0 unspecified atom stereocenters. The van der Waals surface area contributed by atoms with Gasteiger partial charge in [-0.25, -0.2) is 4.98 Å². The summed E-state index contributed by atoms with van der Waals surface area (Å²) >= 11 is 0. The summed E-state index contributed by atoms with van der Waals surface area (Å²) in [7, 11) is -4.05. The van der Waals surface area contributed by atoms with E-state index in [9.17, 15) is 13.2 Å². The molecule has 0 saturated carbocycles. The van der Waals surface area contributed by atoms with Gasteiger partial charge in [0.25, 0.3) is 10.0 Å². The Labute approximate surface area is 183 Å². The van der Waals surface area contributed by atoms with Crippen LogP contribution in [-0.2, 0) is 21.4 Å². The largest absolute Gasteiger partial charge is 0.336 e. The van der Waals surface area contributed by atoms with Crippen molar-refractivity contribution < 1.29 is 13.2 Å². The van der Waals surface area contributed by atoms with Crippen LogP contribution in [0.2, 0.25) is 0 Å². The van der Waals surface area contributed by atoms with E-state index < -0.39 is 10.0 Å². The first kappa shape index (κ1) is 22.4. The lowest BCUT2D eigenvalue weighted by Crippen LogP contribution is -2.43. The molecule has 0 atom stereocenters. The van der Waals surface area contributed by atoms with Gasteiger partial charge in [-0.2, -0.15) is 8.42 Å². The Morgan fingerprint density at radius 1 is 0.968 bits per heavy atom. The van der Waals surface area contributed by atoms with Gasteiger partial charge in [0.2, 0.25) is 5.91 Å². The summed E-state index contributed by atoms with van der Waals surface area (Å²) in [5, 5.41) is -0.0583. The molecule has 0 saturated heterocycles. The SMILES string of the molecule is CCN(Cc1ccccn1)C(=O)CN(c1cccc(C)c1)S(=O)(=O)c1ncccc1C. The van der Waals surface area contributed by atoms with Gasteiger partial charge >= 0.3 is 0 Å². The predicted molar refractivity (Wildman–Crippen MR) is 120 cm³/mol. The maximum atomic E-state index is 13.6. The molecule has 0 radical (unpaired) electrons.